The zero-order valence-electron chi connectivity index (χ0n) is 13.8. The molecule has 3 aromatic rings. The molecule has 3 rings (SSSR count). The summed E-state index contributed by atoms with van der Waals surface area (Å²) < 4.78 is 0. The molecule has 0 fully saturated rings. The monoisotopic (exact) mass is 370 g/mol. The fourth-order valence-corrected chi connectivity index (χ4v) is 3.70. The Balaban J connectivity index is 1.68. The van der Waals surface area contributed by atoms with Crippen LogP contribution >= 0.6 is 22.9 Å². The van der Waals surface area contributed by atoms with Crippen LogP contribution in [0.2, 0.25) is 5.02 Å². The summed E-state index contributed by atoms with van der Waals surface area (Å²) in [6, 6.07) is 19.8. The van der Waals surface area contributed by atoms with E-state index in [4.69, 9.17) is 11.6 Å². The molecule has 0 radical (unpaired) electrons. The largest absolute Gasteiger partial charge is 0.324 e. The highest BCUT2D eigenvalue weighted by Crippen LogP contribution is 2.26. The Morgan fingerprint density at radius 2 is 1.92 bits per heavy atom. The average molecular weight is 371 g/mol. The number of hydrogen-bond donors (Lipinski definition) is 2. The molecule has 0 aliphatic rings. The molecule has 0 aliphatic carbocycles. The number of nitrogens with one attached hydrogen (secondary N) is 2. The summed E-state index contributed by atoms with van der Waals surface area (Å²) in [7, 11) is 0. The van der Waals surface area contributed by atoms with Gasteiger partial charge in [-0.1, -0.05) is 54.1 Å². The molecular formula is C20H19ClN2OS. The molecule has 0 aliphatic heterocycles. The van der Waals surface area contributed by atoms with Crippen LogP contribution in [0, 0.1) is 6.92 Å². The van der Waals surface area contributed by atoms with Crippen LogP contribution in [0.1, 0.15) is 22.0 Å². The van der Waals surface area contributed by atoms with Gasteiger partial charge < -0.3 is 5.32 Å². The van der Waals surface area contributed by atoms with Crippen LogP contribution in [-0.2, 0) is 4.79 Å². The van der Waals surface area contributed by atoms with Gasteiger partial charge in [-0.3, -0.25) is 10.1 Å². The van der Waals surface area contributed by atoms with Gasteiger partial charge in [-0.25, -0.2) is 0 Å². The van der Waals surface area contributed by atoms with Crippen molar-refractivity contribution in [2.45, 2.75) is 13.0 Å². The lowest BCUT2D eigenvalue weighted by Gasteiger charge is -2.18. The number of anilines is 1. The van der Waals surface area contributed by atoms with Crippen LogP contribution in [0.4, 0.5) is 5.69 Å². The van der Waals surface area contributed by atoms with Gasteiger partial charge in [-0.15, -0.1) is 11.3 Å². The van der Waals surface area contributed by atoms with Crippen LogP contribution in [0.15, 0.2) is 66.0 Å². The standard InChI is InChI=1S/C20H19ClN2OS/c1-14-9-10-17(16(21)12-14)23-19(24)13-22-20(18-8-5-11-25-18)15-6-3-2-4-7-15/h2-12,20,22H,13H2,1H3,(H,23,24)/t20-/m1/s1. The zero-order valence-corrected chi connectivity index (χ0v) is 15.4. The fourth-order valence-electron chi connectivity index (χ4n) is 2.59. The van der Waals surface area contributed by atoms with Crippen LogP contribution in [0.5, 0.6) is 0 Å². The number of amides is 1. The summed E-state index contributed by atoms with van der Waals surface area (Å²) in [6.45, 7) is 2.16. The third kappa shape index (κ3) is 4.69. The van der Waals surface area contributed by atoms with Crippen molar-refractivity contribution in [2.24, 2.45) is 0 Å². The minimum Gasteiger partial charge on any atom is -0.324 e. The van der Waals surface area contributed by atoms with E-state index in [1.165, 1.54) is 4.88 Å². The van der Waals surface area contributed by atoms with Gasteiger partial charge in [0.25, 0.3) is 0 Å². The van der Waals surface area contributed by atoms with E-state index in [-0.39, 0.29) is 18.5 Å². The number of rotatable bonds is 6. The summed E-state index contributed by atoms with van der Waals surface area (Å²) in [4.78, 5) is 13.5. The van der Waals surface area contributed by atoms with Gasteiger partial charge in [0, 0.05) is 4.88 Å². The van der Waals surface area contributed by atoms with Crippen molar-refractivity contribution in [3.63, 3.8) is 0 Å². The molecule has 0 spiro atoms. The summed E-state index contributed by atoms with van der Waals surface area (Å²) in [5.74, 6) is -0.122. The minimum absolute atomic E-state index is 0.0135. The maximum Gasteiger partial charge on any atom is 0.238 e. The van der Waals surface area contributed by atoms with Crippen LogP contribution in [-0.4, -0.2) is 12.5 Å². The molecule has 0 saturated heterocycles. The smallest absolute Gasteiger partial charge is 0.238 e. The van der Waals surface area contributed by atoms with Gasteiger partial charge in [0.15, 0.2) is 0 Å². The molecule has 1 atom stereocenters. The van der Waals surface area contributed by atoms with E-state index < -0.39 is 0 Å². The van der Waals surface area contributed by atoms with Gasteiger partial charge in [0.1, 0.15) is 0 Å². The van der Waals surface area contributed by atoms with Crippen molar-refractivity contribution < 1.29 is 4.79 Å². The predicted molar refractivity (Wildman–Crippen MR) is 105 cm³/mol. The number of halogens is 1. The Morgan fingerprint density at radius 3 is 2.60 bits per heavy atom. The number of benzene rings is 2. The van der Waals surface area contributed by atoms with E-state index >= 15 is 0 Å². The van der Waals surface area contributed by atoms with Crippen molar-refractivity contribution in [3.8, 4) is 0 Å². The summed E-state index contributed by atoms with van der Waals surface area (Å²) in [5, 5.41) is 8.79. The second kappa shape index (κ2) is 8.30. The molecule has 0 bridgehead atoms. The van der Waals surface area contributed by atoms with E-state index in [2.05, 4.69) is 28.8 Å². The third-order valence-corrected chi connectivity index (χ3v) is 5.08. The van der Waals surface area contributed by atoms with E-state index in [1.54, 1.807) is 11.3 Å². The summed E-state index contributed by atoms with van der Waals surface area (Å²) in [5.41, 5.74) is 2.82. The van der Waals surface area contributed by atoms with Gasteiger partial charge in [-0.2, -0.15) is 0 Å². The molecule has 128 valence electrons. The molecule has 3 nitrogen and oxygen atoms in total. The first-order valence-corrected chi connectivity index (χ1v) is 9.27. The summed E-state index contributed by atoms with van der Waals surface area (Å²) >= 11 is 7.85. The van der Waals surface area contributed by atoms with Crippen molar-refractivity contribution in [1.29, 1.82) is 0 Å². The van der Waals surface area contributed by atoms with E-state index in [0.717, 1.165) is 11.1 Å². The number of carbonyl (C=O) groups excluding carboxylic acids is 1. The van der Waals surface area contributed by atoms with Crippen molar-refractivity contribution in [1.82, 2.24) is 5.32 Å². The first kappa shape index (κ1) is 17.7. The minimum atomic E-state index is -0.122. The molecule has 0 unspecified atom stereocenters. The number of aryl methyl sites for hydroxylation is 1. The lowest BCUT2D eigenvalue weighted by atomic mass is 10.1. The third-order valence-electron chi connectivity index (χ3n) is 3.83. The van der Waals surface area contributed by atoms with E-state index in [0.29, 0.717) is 10.7 Å². The topological polar surface area (TPSA) is 41.1 Å². The number of hydrogen-bond acceptors (Lipinski definition) is 3. The van der Waals surface area contributed by atoms with Crippen molar-refractivity contribution in [3.05, 3.63) is 87.1 Å². The highest BCUT2D eigenvalue weighted by Gasteiger charge is 2.16. The van der Waals surface area contributed by atoms with Gasteiger partial charge in [0.05, 0.1) is 23.3 Å². The van der Waals surface area contributed by atoms with Crippen LogP contribution in [0.3, 0.4) is 0 Å². The second-order valence-corrected chi connectivity index (χ2v) is 7.16. The quantitative estimate of drug-likeness (QED) is 0.639. The molecule has 0 saturated carbocycles. The van der Waals surface area contributed by atoms with Crippen LogP contribution in [0.25, 0.3) is 0 Å². The lowest BCUT2D eigenvalue weighted by Crippen LogP contribution is -2.31. The molecule has 2 aromatic carbocycles. The molecule has 5 heteroatoms. The van der Waals surface area contributed by atoms with Gasteiger partial charge in [-0.05, 0) is 41.6 Å². The normalized spacial score (nSPS) is 11.9. The number of thiophene rings is 1. The van der Waals surface area contributed by atoms with Gasteiger partial charge >= 0.3 is 0 Å². The van der Waals surface area contributed by atoms with E-state index in [1.807, 2.05) is 54.8 Å². The Hall–Kier alpha value is -2.14. The predicted octanol–water partition coefficient (Wildman–Crippen LogP) is 5.03. The van der Waals surface area contributed by atoms with Crippen LogP contribution < -0.4 is 10.6 Å². The first-order chi connectivity index (χ1) is 12.1. The Kier molecular flexibility index (Phi) is 5.87. The molecular weight excluding hydrogens is 352 g/mol. The van der Waals surface area contributed by atoms with Crippen molar-refractivity contribution in [2.75, 3.05) is 11.9 Å². The molecule has 1 amide bonds. The Morgan fingerprint density at radius 1 is 1.12 bits per heavy atom. The second-order valence-electron chi connectivity index (χ2n) is 5.77. The highest BCUT2D eigenvalue weighted by molar-refractivity contribution is 7.10. The maximum atomic E-state index is 12.3. The zero-order chi connectivity index (χ0) is 17.6. The fraction of sp³-hybridized carbons (Fsp3) is 0.150. The lowest BCUT2D eigenvalue weighted by molar-refractivity contribution is -0.115. The Labute approximate surface area is 156 Å². The SMILES string of the molecule is Cc1ccc(NC(=O)CN[C@H](c2ccccc2)c2cccs2)c(Cl)c1. The summed E-state index contributed by atoms with van der Waals surface area (Å²) in [6.07, 6.45) is 0. The van der Waals surface area contributed by atoms with Gasteiger partial charge in [0.2, 0.25) is 5.91 Å². The van der Waals surface area contributed by atoms with E-state index in [9.17, 15) is 4.79 Å². The highest BCUT2D eigenvalue weighted by atomic mass is 35.5. The molecule has 25 heavy (non-hydrogen) atoms. The first-order valence-electron chi connectivity index (χ1n) is 8.01. The van der Waals surface area contributed by atoms with Crippen molar-refractivity contribution >= 4 is 34.5 Å². The number of carbonyl (C=O) groups is 1. The molecule has 2 N–H and O–H groups in total. The molecule has 1 heterocycles. The Bertz CT molecular complexity index is 834. The average Bonchev–Trinajstić information content (AvgIpc) is 3.13. The maximum absolute atomic E-state index is 12.3. The molecule has 1 aromatic heterocycles.